The van der Waals surface area contributed by atoms with E-state index in [-0.39, 0.29) is 5.78 Å². The molecule has 0 fully saturated rings. The first-order valence-corrected chi connectivity index (χ1v) is 7.05. The van der Waals surface area contributed by atoms with Gasteiger partial charge in [0.1, 0.15) is 0 Å². The lowest BCUT2D eigenvalue weighted by molar-refractivity contribution is 0.104. The van der Waals surface area contributed by atoms with E-state index in [0.717, 1.165) is 20.3 Å². The van der Waals surface area contributed by atoms with Crippen LogP contribution in [0.5, 0.6) is 0 Å². The van der Waals surface area contributed by atoms with Gasteiger partial charge in [-0.2, -0.15) is 0 Å². The molecule has 18 heavy (non-hydrogen) atoms. The van der Waals surface area contributed by atoms with Crippen LogP contribution in [0.2, 0.25) is 0 Å². The van der Waals surface area contributed by atoms with Gasteiger partial charge in [-0.3, -0.25) is 9.78 Å². The summed E-state index contributed by atoms with van der Waals surface area (Å²) in [5, 5.41) is 2.95. The molecule has 3 aromatic rings. The number of carbonyl (C=O) groups excluding carboxylic acids is 1. The number of rotatable bonds is 2. The molecule has 2 aromatic heterocycles. The Labute approximate surface area is 116 Å². The van der Waals surface area contributed by atoms with Gasteiger partial charge in [-0.05, 0) is 34.1 Å². The molecule has 0 N–H and O–H groups in total. The van der Waals surface area contributed by atoms with Crippen molar-refractivity contribution in [3.8, 4) is 0 Å². The molecular formula is C14H8BrNOS. The van der Waals surface area contributed by atoms with Crippen LogP contribution in [0.4, 0.5) is 0 Å². The molecule has 2 nitrogen and oxygen atoms in total. The van der Waals surface area contributed by atoms with Gasteiger partial charge in [0.2, 0.25) is 5.78 Å². The van der Waals surface area contributed by atoms with Gasteiger partial charge in [-0.25, -0.2) is 0 Å². The molecule has 0 saturated heterocycles. The zero-order valence-electron chi connectivity index (χ0n) is 9.26. The van der Waals surface area contributed by atoms with Crippen molar-refractivity contribution in [2.45, 2.75) is 0 Å². The first-order chi connectivity index (χ1) is 8.74. The SMILES string of the molecule is O=C(c1ccc2cccnc2c1)c1cc(Br)cs1. The smallest absolute Gasteiger partial charge is 0.203 e. The van der Waals surface area contributed by atoms with Gasteiger partial charge < -0.3 is 0 Å². The second-order valence-corrected chi connectivity index (χ2v) is 5.70. The van der Waals surface area contributed by atoms with Gasteiger partial charge >= 0.3 is 0 Å². The molecule has 0 aliphatic rings. The molecule has 0 spiro atoms. The van der Waals surface area contributed by atoms with Crippen LogP contribution in [-0.4, -0.2) is 10.8 Å². The van der Waals surface area contributed by atoms with Gasteiger partial charge in [-0.1, -0.05) is 18.2 Å². The molecule has 0 unspecified atom stereocenters. The highest BCUT2D eigenvalue weighted by Gasteiger charge is 2.11. The number of carbonyl (C=O) groups is 1. The molecule has 0 amide bonds. The zero-order valence-corrected chi connectivity index (χ0v) is 11.7. The Morgan fingerprint density at radius 2 is 2.11 bits per heavy atom. The molecule has 1 aromatic carbocycles. The Bertz CT molecular complexity index is 735. The molecule has 0 atom stereocenters. The van der Waals surface area contributed by atoms with E-state index in [1.54, 1.807) is 6.20 Å². The Hall–Kier alpha value is -1.52. The van der Waals surface area contributed by atoms with Crippen LogP contribution >= 0.6 is 27.3 Å². The summed E-state index contributed by atoms with van der Waals surface area (Å²) in [4.78, 5) is 17.3. The van der Waals surface area contributed by atoms with Crippen LogP contribution < -0.4 is 0 Å². The Kier molecular flexibility index (Phi) is 2.97. The minimum absolute atomic E-state index is 0.0400. The molecule has 3 rings (SSSR count). The predicted octanol–water partition coefficient (Wildman–Crippen LogP) is 4.29. The monoisotopic (exact) mass is 317 g/mol. The van der Waals surface area contributed by atoms with E-state index in [9.17, 15) is 4.79 Å². The number of halogens is 1. The van der Waals surface area contributed by atoms with Gasteiger partial charge in [0.25, 0.3) is 0 Å². The number of hydrogen-bond acceptors (Lipinski definition) is 3. The molecule has 0 saturated carbocycles. The fourth-order valence-corrected chi connectivity index (χ4v) is 3.17. The van der Waals surface area contributed by atoms with Crippen LogP contribution in [-0.2, 0) is 0 Å². The maximum atomic E-state index is 12.3. The van der Waals surface area contributed by atoms with Crippen LogP contribution in [0, 0.1) is 0 Å². The number of aromatic nitrogens is 1. The number of thiophene rings is 1. The van der Waals surface area contributed by atoms with Crippen molar-refractivity contribution in [2.75, 3.05) is 0 Å². The largest absolute Gasteiger partial charge is 0.288 e. The third-order valence-electron chi connectivity index (χ3n) is 2.66. The fraction of sp³-hybridized carbons (Fsp3) is 0. The maximum Gasteiger partial charge on any atom is 0.203 e. The quantitative estimate of drug-likeness (QED) is 0.660. The summed E-state index contributed by atoms with van der Waals surface area (Å²) in [6.07, 6.45) is 1.73. The van der Waals surface area contributed by atoms with Crippen molar-refractivity contribution in [2.24, 2.45) is 0 Å². The average molecular weight is 318 g/mol. The van der Waals surface area contributed by atoms with Crippen LogP contribution in [0.25, 0.3) is 10.9 Å². The van der Waals surface area contributed by atoms with Crippen LogP contribution in [0.15, 0.2) is 52.4 Å². The molecule has 88 valence electrons. The summed E-state index contributed by atoms with van der Waals surface area (Å²) in [6, 6.07) is 11.3. The molecule has 0 aliphatic heterocycles. The van der Waals surface area contributed by atoms with E-state index in [2.05, 4.69) is 20.9 Å². The van der Waals surface area contributed by atoms with Crippen LogP contribution in [0.3, 0.4) is 0 Å². The van der Waals surface area contributed by atoms with Crippen molar-refractivity contribution < 1.29 is 4.79 Å². The lowest BCUT2D eigenvalue weighted by Crippen LogP contribution is -1.98. The Morgan fingerprint density at radius 3 is 2.89 bits per heavy atom. The van der Waals surface area contributed by atoms with E-state index in [0.29, 0.717) is 5.56 Å². The van der Waals surface area contributed by atoms with Crippen molar-refractivity contribution in [3.05, 3.63) is 62.9 Å². The summed E-state index contributed by atoms with van der Waals surface area (Å²) in [5.74, 6) is 0.0400. The van der Waals surface area contributed by atoms with Gasteiger partial charge in [0, 0.05) is 27.0 Å². The van der Waals surface area contributed by atoms with Crippen LogP contribution in [0.1, 0.15) is 15.2 Å². The van der Waals surface area contributed by atoms with E-state index < -0.39 is 0 Å². The normalized spacial score (nSPS) is 10.7. The number of fused-ring (bicyclic) bond motifs is 1. The molecule has 0 aliphatic carbocycles. The highest BCUT2D eigenvalue weighted by molar-refractivity contribution is 9.10. The number of hydrogen-bond donors (Lipinski definition) is 0. The molecule has 0 bridgehead atoms. The first kappa shape index (κ1) is 11.6. The maximum absolute atomic E-state index is 12.3. The Balaban J connectivity index is 2.06. The van der Waals surface area contributed by atoms with E-state index in [1.807, 2.05) is 41.8 Å². The highest BCUT2D eigenvalue weighted by atomic mass is 79.9. The van der Waals surface area contributed by atoms with Crippen molar-refractivity contribution in [1.82, 2.24) is 4.98 Å². The summed E-state index contributed by atoms with van der Waals surface area (Å²) < 4.78 is 0.940. The summed E-state index contributed by atoms with van der Waals surface area (Å²) >= 11 is 4.80. The van der Waals surface area contributed by atoms with Crippen molar-refractivity contribution in [1.29, 1.82) is 0 Å². The second kappa shape index (κ2) is 4.63. The van der Waals surface area contributed by atoms with E-state index in [4.69, 9.17) is 0 Å². The number of pyridine rings is 1. The van der Waals surface area contributed by atoms with Crippen molar-refractivity contribution >= 4 is 44.0 Å². The van der Waals surface area contributed by atoms with E-state index in [1.165, 1.54) is 11.3 Å². The number of nitrogens with zero attached hydrogens (tertiary/aromatic N) is 1. The van der Waals surface area contributed by atoms with Gasteiger partial charge in [0.05, 0.1) is 10.4 Å². The van der Waals surface area contributed by atoms with Crippen molar-refractivity contribution in [3.63, 3.8) is 0 Å². The third-order valence-corrected chi connectivity index (χ3v) is 4.35. The Morgan fingerprint density at radius 1 is 1.22 bits per heavy atom. The van der Waals surface area contributed by atoms with E-state index >= 15 is 0 Å². The lowest BCUT2D eigenvalue weighted by atomic mass is 10.1. The number of ketones is 1. The molecule has 2 heterocycles. The second-order valence-electron chi connectivity index (χ2n) is 3.87. The standard InChI is InChI=1S/C14H8BrNOS/c15-11-7-13(18-8-11)14(17)10-4-3-9-2-1-5-16-12(9)6-10/h1-8H. The minimum atomic E-state index is 0.0400. The summed E-state index contributed by atoms with van der Waals surface area (Å²) in [5.41, 5.74) is 1.52. The predicted molar refractivity (Wildman–Crippen MR) is 77.2 cm³/mol. The summed E-state index contributed by atoms with van der Waals surface area (Å²) in [7, 11) is 0. The zero-order chi connectivity index (χ0) is 12.5. The summed E-state index contributed by atoms with van der Waals surface area (Å²) in [6.45, 7) is 0. The average Bonchev–Trinajstić information content (AvgIpc) is 2.84. The highest BCUT2D eigenvalue weighted by Crippen LogP contribution is 2.23. The fourth-order valence-electron chi connectivity index (χ4n) is 1.78. The molecular weight excluding hydrogens is 310 g/mol. The lowest BCUT2D eigenvalue weighted by Gasteiger charge is -2.00. The van der Waals surface area contributed by atoms with Gasteiger partial charge in [0.15, 0.2) is 0 Å². The molecule has 0 radical (unpaired) electrons. The minimum Gasteiger partial charge on any atom is -0.288 e. The molecule has 4 heteroatoms. The first-order valence-electron chi connectivity index (χ1n) is 5.37. The topological polar surface area (TPSA) is 30.0 Å². The van der Waals surface area contributed by atoms with Gasteiger partial charge in [-0.15, -0.1) is 11.3 Å². The number of benzene rings is 1. The third kappa shape index (κ3) is 2.09.